The van der Waals surface area contributed by atoms with Crippen molar-refractivity contribution < 1.29 is 26.3 Å². The van der Waals surface area contributed by atoms with Crippen molar-refractivity contribution in [3.05, 3.63) is 34.7 Å². The van der Waals surface area contributed by atoms with Crippen LogP contribution in [-0.4, -0.2) is 12.5 Å². The SMILES string of the molecule is CC(=O)N1CC[n+]2c(-c3ccc(C)cc3C)csc21.[Br-]. The minimum Gasteiger partial charge on any atom is -1.00 e. The largest absolute Gasteiger partial charge is 1.00 e. The molecule has 2 aromatic rings. The fourth-order valence-electron chi connectivity index (χ4n) is 2.66. The average Bonchev–Trinajstić information content (AvgIpc) is 2.90. The van der Waals surface area contributed by atoms with Gasteiger partial charge in [0.05, 0.1) is 0 Å². The number of nitrogens with zero attached hydrogens (tertiary/aromatic N) is 2. The first-order chi connectivity index (χ1) is 9.08. The maximum absolute atomic E-state index is 11.6. The van der Waals surface area contributed by atoms with Crippen LogP contribution in [0, 0.1) is 13.8 Å². The van der Waals surface area contributed by atoms with E-state index in [4.69, 9.17) is 0 Å². The van der Waals surface area contributed by atoms with Gasteiger partial charge in [0.25, 0.3) is 0 Å². The summed E-state index contributed by atoms with van der Waals surface area (Å²) in [5, 5.41) is 3.21. The van der Waals surface area contributed by atoms with Gasteiger partial charge in [0.2, 0.25) is 0 Å². The number of halogens is 1. The van der Waals surface area contributed by atoms with Crippen molar-refractivity contribution in [3.8, 4) is 11.3 Å². The van der Waals surface area contributed by atoms with Gasteiger partial charge in [-0.05, 0) is 19.4 Å². The van der Waals surface area contributed by atoms with E-state index in [0.717, 1.165) is 18.2 Å². The minimum atomic E-state index is 0. The molecule has 0 unspecified atom stereocenters. The van der Waals surface area contributed by atoms with Gasteiger partial charge in [-0.15, -0.1) is 0 Å². The molecule has 0 atom stereocenters. The van der Waals surface area contributed by atoms with Crippen LogP contribution in [-0.2, 0) is 11.3 Å². The summed E-state index contributed by atoms with van der Waals surface area (Å²) in [6, 6.07) is 6.53. The number of amides is 1. The number of aryl methyl sites for hydroxylation is 2. The molecule has 0 saturated heterocycles. The normalized spacial score (nSPS) is 13.1. The van der Waals surface area contributed by atoms with Gasteiger partial charge >= 0.3 is 11.0 Å². The van der Waals surface area contributed by atoms with Crippen molar-refractivity contribution in [1.82, 2.24) is 0 Å². The third kappa shape index (κ3) is 2.40. The van der Waals surface area contributed by atoms with Crippen molar-refractivity contribution in [2.45, 2.75) is 27.3 Å². The van der Waals surface area contributed by atoms with Gasteiger partial charge in [0.15, 0.2) is 0 Å². The first-order valence-corrected chi connectivity index (χ1v) is 7.33. The molecule has 0 N–H and O–H groups in total. The van der Waals surface area contributed by atoms with E-state index in [2.05, 4.69) is 42.0 Å². The predicted molar refractivity (Wildman–Crippen MR) is 77.5 cm³/mol. The Morgan fingerprint density at radius 2 is 2.10 bits per heavy atom. The second-order valence-electron chi connectivity index (χ2n) is 5.04. The van der Waals surface area contributed by atoms with E-state index in [-0.39, 0.29) is 22.9 Å². The third-order valence-corrected chi connectivity index (χ3v) is 4.61. The lowest BCUT2D eigenvalue weighted by molar-refractivity contribution is -0.656. The van der Waals surface area contributed by atoms with E-state index in [1.54, 1.807) is 18.3 Å². The maximum atomic E-state index is 11.6. The Bertz CT molecular complexity index is 666. The highest BCUT2D eigenvalue weighted by molar-refractivity contribution is 7.13. The van der Waals surface area contributed by atoms with Crippen molar-refractivity contribution in [3.63, 3.8) is 0 Å². The zero-order valence-electron chi connectivity index (χ0n) is 11.8. The number of carbonyl (C=O) groups is 1. The van der Waals surface area contributed by atoms with Crippen LogP contribution in [0.5, 0.6) is 0 Å². The molecular weight excluding hydrogens is 336 g/mol. The summed E-state index contributed by atoms with van der Waals surface area (Å²) >= 11 is 1.65. The standard InChI is InChI=1S/C15H17N2OS.BrH/c1-10-4-5-13(11(2)8-10)14-9-19-15-16(12(3)18)6-7-17(14)15;/h4-5,8-9H,6-7H2,1-3H3;1H/q+1;/p-1. The summed E-state index contributed by atoms with van der Waals surface area (Å²) in [6.07, 6.45) is 0. The molecule has 3 rings (SSSR count). The number of thiazole rings is 1. The molecular formula is C15H17BrN2OS. The van der Waals surface area contributed by atoms with Crippen molar-refractivity contribution in [2.24, 2.45) is 0 Å². The van der Waals surface area contributed by atoms with E-state index >= 15 is 0 Å². The minimum absolute atomic E-state index is 0. The quantitative estimate of drug-likeness (QED) is 0.646. The Hall–Kier alpha value is -1.20. The number of hydrogen-bond donors (Lipinski definition) is 0. The molecule has 0 spiro atoms. The monoisotopic (exact) mass is 352 g/mol. The fourth-order valence-corrected chi connectivity index (χ4v) is 3.80. The molecule has 1 aliphatic rings. The molecule has 1 aliphatic heterocycles. The highest BCUT2D eigenvalue weighted by Crippen LogP contribution is 2.30. The number of aromatic nitrogens is 1. The Morgan fingerprint density at radius 3 is 2.75 bits per heavy atom. The molecule has 0 fully saturated rings. The number of fused-ring (bicyclic) bond motifs is 1. The van der Waals surface area contributed by atoms with Crippen LogP contribution in [0.25, 0.3) is 11.3 Å². The van der Waals surface area contributed by atoms with Crippen LogP contribution < -0.4 is 26.4 Å². The van der Waals surface area contributed by atoms with Crippen LogP contribution in [0.2, 0.25) is 0 Å². The van der Waals surface area contributed by atoms with Crippen molar-refractivity contribution in [2.75, 3.05) is 11.4 Å². The molecule has 0 bridgehead atoms. The number of anilines is 1. The van der Waals surface area contributed by atoms with Gasteiger partial charge in [0.1, 0.15) is 18.8 Å². The fraction of sp³-hybridized carbons (Fsp3) is 0.333. The number of rotatable bonds is 1. The first-order valence-electron chi connectivity index (χ1n) is 6.45. The summed E-state index contributed by atoms with van der Waals surface area (Å²) < 4.78 is 2.25. The van der Waals surface area contributed by atoms with Gasteiger partial charge in [-0.3, -0.25) is 0 Å². The Morgan fingerprint density at radius 1 is 1.35 bits per heavy atom. The van der Waals surface area contributed by atoms with E-state index in [9.17, 15) is 4.79 Å². The van der Waals surface area contributed by atoms with Crippen molar-refractivity contribution in [1.29, 1.82) is 0 Å². The van der Waals surface area contributed by atoms with Gasteiger partial charge in [0, 0.05) is 17.9 Å². The van der Waals surface area contributed by atoms with Crippen LogP contribution in [0.15, 0.2) is 23.6 Å². The second-order valence-corrected chi connectivity index (χ2v) is 5.88. The van der Waals surface area contributed by atoms with E-state index in [0.29, 0.717) is 0 Å². The first kappa shape index (κ1) is 15.2. The van der Waals surface area contributed by atoms with Crippen LogP contribution in [0.4, 0.5) is 5.13 Å². The summed E-state index contributed by atoms with van der Waals surface area (Å²) in [5.74, 6) is 0.125. The number of benzene rings is 1. The summed E-state index contributed by atoms with van der Waals surface area (Å²) in [6.45, 7) is 7.57. The van der Waals surface area contributed by atoms with Gasteiger partial charge in [-0.25, -0.2) is 9.36 Å². The highest BCUT2D eigenvalue weighted by Gasteiger charge is 2.35. The number of carbonyl (C=O) groups excluding carboxylic acids is 1. The molecule has 3 nitrogen and oxygen atoms in total. The molecule has 1 aromatic carbocycles. The lowest BCUT2D eigenvalue weighted by atomic mass is 10.0. The molecule has 0 radical (unpaired) electrons. The lowest BCUT2D eigenvalue weighted by Gasteiger charge is -2.04. The van der Waals surface area contributed by atoms with Gasteiger partial charge in [-0.1, -0.05) is 35.1 Å². The Kier molecular flexibility index (Phi) is 4.30. The smallest absolute Gasteiger partial charge is 0.344 e. The molecule has 1 amide bonds. The Balaban J connectivity index is 0.00000147. The van der Waals surface area contributed by atoms with Crippen molar-refractivity contribution >= 4 is 22.4 Å². The summed E-state index contributed by atoms with van der Waals surface area (Å²) in [7, 11) is 0. The zero-order chi connectivity index (χ0) is 13.6. The zero-order valence-corrected chi connectivity index (χ0v) is 14.2. The van der Waals surface area contributed by atoms with Gasteiger partial charge < -0.3 is 17.0 Å². The molecule has 0 aliphatic carbocycles. The highest BCUT2D eigenvalue weighted by atomic mass is 79.9. The topological polar surface area (TPSA) is 24.2 Å². The van der Waals surface area contributed by atoms with Crippen LogP contribution >= 0.6 is 11.3 Å². The lowest BCUT2D eigenvalue weighted by Crippen LogP contribution is -3.00. The second kappa shape index (κ2) is 5.66. The van der Waals surface area contributed by atoms with E-state index < -0.39 is 0 Å². The van der Waals surface area contributed by atoms with Gasteiger partial charge in [-0.2, -0.15) is 4.90 Å². The molecule has 5 heteroatoms. The molecule has 106 valence electrons. The van der Waals surface area contributed by atoms with E-state index in [1.807, 2.05) is 4.90 Å². The molecule has 1 aromatic heterocycles. The van der Waals surface area contributed by atoms with Crippen LogP contribution in [0.3, 0.4) is 0 Å². The molecule has 20 heavy (non-hydrogen) atoms. The average molecular weight is 353 g/mol. The molecule has 0 saturated carbocycles. The predicted octanol–water partition coefficient (Wildman–Crippen LogP) is -0.310. The molecule has 2 heterocycles. The number of hydrogen-bond acceptors (Lipinski definition) is 2. The maximum Gasteiger partial charge on any atom is 0.344 e. The van der Waals surface area contributed by atoms with Crippen LogP contribution in [0.1, 0.15) is 18.1 Å². The third-order valence-electron chi connectivity index (χ3n) is 3.61. The summed E-state index contributed by atoms with van der Waals surface area (Å²) in [4.78, 5) is 13.4. The van der Waals surface area contributed by atoms with E-state index in [1.165, 1.54) is 22.4 Å². The Labute approximate surface area is 133 Å². The summed E-state index contributed by atoms with van der Waals surface area (Å²) in [5.41, 5.74) is 5.05.